The molecule has 4 nitrogen and oxygen atoms in total. The maximum Gasteiger partial charge on any atom is 0.0897 e. The van der Waals surface area contributed by atoms with Crippen molar-refractivity contribution in [3.05, 3.63) is 0 Å². The number of ether oxygens (including phenoxy) is 1. The van der Waals surface area contributed by atoms with Gasteiger partial charge in [-0.3, -0.25) is 0 Å². The molecule has 0 aliphatic heterocycles. The second-order valence-corrected chi connectivity index (χ2v) is 4.80. The minimum Gasteiger partial charge on any atom is -0.389 e. The molecule has 4 heteroatoms. The first-order valence-corrected chi connectivity index (χ1v) is 6.78. The van der Waals surface area contributed by atoms with E-state index in [0.29, 0.717) is 13.2 Å². The Kier molecular flexibility index (Phi) is 12.2. The number of unbranched alkanes of at least 4 members (excludes halogenated alkanes) is 3. The van der Waals surface area contributed by atoms with Crippen molar-refractivity contribution in [2.45, 2.75) is 38.7 Å². The average molecular weight is 246 g/mol. The van der Waals surface area contributed by atoms with Crippen molar-refractivity contribution in [3.8, 4) is 0 Å². The highest BCUT2D eigenvalue weighted by Crippen LogP contribution is 1.99. The fourth-order valence-electron chi connectivity index (χ4n) is 1.48. The Morgan fingerprint density at radius 2 is 2.00 bits per heavy atom. The molecular weight excluding hydrogens is 216 g/mol. The number of aliphatic hydroxyl groups excluding tert-OH is 1. The Balaban J connectivity index is 3.14. The normalized spacial score (nSPS) is 13.2. The predicted octanol–water partition coefficient (Wildman–Crippen LogP) is 1.10. The van der Waals surface area contributed by atoms with Gasteiger partial charge in [-0.15, -0.1) is 0 Å². The first-order chi connectivity index (χ1) is 8.16. The standard InChI is InChI=1S/C13H30N2O2/c1-4-5-6-7-10-17-12-13(16)11-14-8-9-15(2)3/h13-14,16H,4-12H2,1-3H3. The zero-order valence-electron chi connectivity index (χ0n) is 11.7. The molecule has 0 amide bonds. The first kappa shape index (κ1) is 16.8. The van der Waals surface area contributed by atoms with E-state index in [4.69, 9.17) is 4.74 Å². The predicted molar refractivity (Wildman–Crippen MR) is 72.4 cm³/mol. The molecule has 104 valence electrons. The summed E-state index contributed by atoms with van der Waals surface area (Å²) in [4.78, 5) is 2.11. The van der Waals surface area contributed by atoms with Gasteiger partial charge < -0.3 is 20.1 Å². The smallest absolute Gasteiger partial charge is 0.0897 e. The molecular formula is C13H30N2O2. The van der Waals surface area contributed by atoms with E-state index < -0.39 is 0 Å². The summed E-state index contributed by atoms with van der Waals surface area (Å²) in [6.07, 6.45) is 4.47. The second-order valence-electron chi connectivity index (χ2n) is 4.80. The summed E-state index contributed by atoms with van der Waals surface area (Å²) in [5.41, 5.74) is 0. The number of hydrogen-bond acceptors (Lipinski definition) is 4. The van der Waals surface area contributed by atoms with Gasteiger partial charge in [-0.1, -0.05) is 26.2 Å². The first-order valence-electron chi connectivity index (χ1n) is 6.78. The van der Waals surface area contributed by atoms with E-state index in [1.54, 1.807) is 0 Å². The van der Waals surface area contributed by atoms with Crippen molar-refractivity contribution >= 4 is 0 Å². The van der Waals surface area contributed by atoms with Crippen molar-refractivity contribution in [1.82, 2.24) is 10.2 Å². The number of nitrogens with one attached hydrogen (secondary N) is 1. The number of aliphatic hydroxyl groups is 1. The van der Waals surface area contributed by atoms with E-state index in [9.17, 15) is 5.11 Å². The van der Waals surface area contributed by atoms with Gasteiger partial charge in [0.25, 0.3) is 0 Å². The van der Waals surface area contributed by atoms with E-state index >= 15 is 0 Å². The van der Waals surface area contributed by atoms with Crippen LogP contribution in [0.5, 0.6) is 0 Å². The van der Waals surface area contributed by atoms with Gasteiger partial charge in [-0.2, -0.15) is 0 Å². The lowest BCUT2D eigenvalue weighted by atomic mass is 10.2. The molecule has 0 fully saturated rings. The highest BCUT2D eigenvalue weighted by molar-refractivity contribution is 4.59. The van der Waals surface area contributed by atoms with Crippen LogP contribution in [0.4, 0.5) is 0 Å². The molecule has 0 heterocycles. The third-order valence-corrected chi connectivity index (χ3v) is 2.57. The summed E-state index contributed by atoms with van der Waals surface area (Å²) >= 11 is 0. The van der Waals surface area contributed by atoms with Crippen LogP contribution in [0.1, 0.15) is 32.6 Å². The molecule has 1 atom stereocenters. The van der Waals surface area contributed by atoms with Gasteiger partial charge in [0.1, 0.15) is 0 Å². The van der Waals surface area contributed by atoms with Crippen LogP contribution in [0.2, 0.25) is 0 Å². The molecule has 0 bridgehead atoms. The molecule has 0 saturated heterocycles. The van der Waals surface area contributed by atoms with Crippen molar-refractivity contribution in [2.75, 3.05) is 46.9 Å². The fraction of sp³-hybridized carbons (Fsp3) is 1.00. The van der Waals surface area contributed by atoms with Crippen LogP contribution in [0, 0.1) is 0 Å². The van der Waals surface area contributed by atoms with Crippen LogP contribution in [0.15, 0.2) is 0 Å². The van der Waals surface area contributed by atoms with E-state index in [0.717, 1.165) is 26.1 Å². The SMILES string of the molecule is CCCCCCOCC(O)CNCCN(C)C. The van der Waals surface area contributed by atoms with Gasteiger partial charge in [0.2, 0.25) is 0 Å². The summed E-state index contributed by atoms with van der Waals surface area (Å²) in [5, 5.41) is 12.8. The largest absolute Gasteiger partial charge is 0.389 e. The summed E-state index contributed by atoms with van der Waals surface area (Å²) in [6.45, 7) is 5.92. The lowest BCUT2D eigenvalue weighted by Crippen LogP contribution is -2.34. The molecule has 17 heavy (non-hydrogen) atoms. The van der Waals surface area contributed by atoms with Crippen molar-refractivity contribution in [2.24, 2.45) is 0 Å². The molecule has 2 N–H and O–H groups in total. The van der Waals surface area contributed by atoms with Gasteiger partial charge >= 0.3 is 0 Å². The maximum absolute atomic E-state index is 9.62. The van der Waals surface area contributed by atoms with Crippen LogP contribution >= 0.6 is 0 Å². The third kappa shape index (κ3) is 13.8. The third-order valence-electron chi connectivity index (χ3n) is 2.57. The van der Waals surface area contributed by atoms with Gasteiger partial charge in [-0.05, 0) is 20.5 Å². The van der Waals surface area contributed by atoms with E-state index in [1.165, 1.54) is 19.3 Å². The number of likely N-dealkylation sites (N-methyl/N-ethyl adjacent to an activating group) is 1. The maximum atomic E-state index is 9.62. The van der Waals surface area contributed by atoms with Crippen molar-refractivity contribution < 1.29 is 9.84 Å². The van der Waals surface area contributed by atoms with Crippen molar-refractivity contribution in [1.29, 1.82) is 0 Å². The van der Waals surface area contributed by atoms with Gasteiger partial charge in [0.15, 0.2) is 0 Å². The van der Waals surface area contributed by atoms with Crippen LogP contribution in [-0.2, 0) is 4.74 Å². The average Bonchev–Trinajstić information content (AvgIpc) is 2.29. The Hall–Kier alpha value is -0.160. The summed E-state index contributed by atoms with van der Waals surface area (Å²) in [6, 6.07) is 0. The monoisotopic (exact) mass is 246 g/mol. The zero-order chi connectivity index (χ0) is 12.9. The van der Waals surface area contributed by atoms with Gasteiger partial charge in [-0.25, -0.2) is 0 Å². The minimum atomic E-state index is -0.386. The molecule has 0 rings (SSSR count). The highest BCUT2D eigenvalue weighted by Gasteiger charge is 2.03. The van der Waals surface area contributed by atoms with E-state index in [2.05, 4.69) is 17.1 Å². The van der Waals surface area contributed by atoms with Crippen LogP contribution in [0.3, 0.4) is 0 Å². The Bertz CT molecular complexity index is 154. The zero-order valence-corrected chi connectivity index (χ0v) is 11.7. The Morgan fingerprint density at radius 3 is 2.65 bits per heavy atom. The molecule has 1 unspecified atom stereocenters. The number of hydrogen-bond donors (Lipinski definition) is 2. The molecule has 0 aliphatic rings. The molecule has 0 aromatic carbocycles. The van der Waals surface area contributed by atoms with Crippen LogP contribution < -0.4 is 5.32 Å². The summed E-state index contributed by atoms with van der Waals surface area (Å²) in [5.74, 6) is 0. The lowest BCUT2D eigenvalue weighted by Gasteiger charge is -2.14. The molecule has 0 aliphatic carbocycles. The van der Waals surface area contributed by atoms with E-state index in [-0.39, 0.29) is 6.10 Å². The number of rotatable bonds is 12. The molecule has 0 radical (unpaired) electrons. The quantitative estimate of drug-likeness (QED) is 0.506. The molecule has 0 saturated carbocycles. The van der Waals surface area contributed by atoms with Crippen LogP contribution in [-0.4, -0.2) is 63.1 Å². The molecule has 0 aromatic heterocycles. The second kappa shape index (κ2) is 12.3. The van der Waals surface area contributed by atoms with Crippen molar-refractivity contribution in [3.63, 3.8) is 0 Å². The summed E-state index contributed by atoms with van der Waals surface area (Å²) < 4.78 is 5.42. The lowest BCUT2D eigenvalue weighted by molar-refractivity contribution is 0.0354. The Morgan fingerprint density at radius 1 is 1.24 bits per heavy atom. The number of nitrogens with zero attached hydrogens (tertiary/aromatic N) is 1. The fourth-order valence-corrected chi connectivity index (χ4v) is 1.48. The van der Waals surface area contributed by atoms with E-state index in [1.807, 2.05) is 14.1 Å². The highest BCUT2D eigenvalue weighted by atomic mass is 16.5. The van der Waals surface area contributed by atoms with Gasteiger partial charge in [0.05, 0.1) is 12.7 Å². The van der Waals surface area contributed by atoms with Gasteiger partial charge in [0, 0.05) is 26.2 Å². The molecule has 0 aromatic rings. The topological polar surface area (TPSA) is 44.7 Å². The van der Waals surface area contributed by atoms with Crippen LogP contribution in [0.25, 0.3) is 0 Å². The summed E-state index contributed by atoms with van der Waals surface area (Å²) in [7, 11) is 4.08. The molecule has 0 spiro atoms. The minimum absolute atomic E-state index is 0.386. The Labute approximate surface area is 106 Å².